The van der Waals surface area contributed by atoms with Crippen molar-refractivity contribution in [2.75, 3.05) is 46.4 Å². The molecule has 0 saturated carbocycles. The molecule has 0 amide bonds. The summed E-state index contributed by atoms with van der Waals surface area (Å²) >= 11 is 0. The normalized spacial score (nSPS) is 24.5. The molecule has 3 rings (SSSR count). The van der Waals surface area contributed by atoms with Crippen LogP contribution in [-0.4, -0.2) is 62.3 Å². The van der Waals surface area contributed by atoms with Crippen LogP contribution < -0.4 is 5.32 Å². The van der Waals surface area contributed by atoms with Crippen LogP contribution >= 0.6 is 0 Å². The summed E-state index contributed by atoms with van der Waals surface area (Å²) in [4.78, 5) is 5.22. The van der Waals surface area contributed by atoms with Crippen molar-refractivity contribution >= 4 is 0 Å². The lowest BCUT2D eigenvalue weighted by Gasteiger charge is -2.32. The van der Waals surface area contributed by atoms with Gasteiger partial charge in [0.1, 0.15) is 0 Å². The lowest BCUT2D eigenvalue weighted by Crippen LogP contribution is -2.44. The average Bonchev–Trinajstić information content (AvgIpc) is 2.99. The first-order valence-electron chi connectivity index (χ1n) is 8.12. The van der Waals surface area contributed by atoms with Crippen molar-refractivity contribution in [1.82, 2.24) is 15.1 Å². The third-order valence-corrected chi connectivity index (χ3v) is 4.69. The van der Waals surface area contributed by atoms with Gasteiger partial charge in [0, 0.05) is 45.3 Å². The summed E-state index contributed by atoms with van der Waals surface area (Å²) in [5.41, 5.74) is 2.89. The van der Waals surface area contributed by atoms with E-state index in [2.05, 4.69) is 39.4 Å². The summed E-state index contributed by atoms with van der Waals surface area (Å²) < 4.78 is 5.46. The molecule has 2 aliphatic heterocycles. The van der Waals surface area contributed by atoms with Crippen molar-refractivity contribution in [3.8, 4) is 0 Å². The molecule has 2 heterocycles. The fraction of sp³-hybridized carbons (Fsp3) is 0.647. The molecule has 1 aromatic carbocycles. The lowest BCUT2D eigenvalue weighted by molar-refractivity contribution is 0.0184. The molecule has 2 fully saturated rings. The number of benzene rings is 1. The smallest absolute Gasteiger partial charge is 0.0594 e. The Labute approximate surface area is 128 Å². The van der Waals surface area contributed by atoms with Crippen molar-refractivity contribution in [3.05, 3.63) is 35.4 Å². The van der Waals surface area contributed by atoms with Crippen LogP contribution in [-0.2, 0) is 17.8 Å². The summed E-state index contributed by atoms with van der Waals surface area (Å²) in [5.74, 6) is 0. The number of ether oxygens (including phenoxy) is 1. The molecule has 0 aromatic heterocycles. The van der Waals surface area contributed by atoms with E-state index in [4.69, 9.17) is 4.74 Å². The van der Waals surface area contributed by atoms with Gasteiger partial charge in [-0.2, -0.15) is 0 Å². The minimum Gasteiger partial charge on any atom is -0.379 e. The first-order valence-corrected chi connectivity index (χ1v) is 8.12. The molecule has 0 aliphatic carbocycles. The van der Waals surface area contributed by atoms with Crippen LogP contribution in [0.3, 0.4) is 0 Å². The molecule has 2 saturated heterocycles. The molecule has 1 atom stereocenters. The molecule has 0 spiro atoms. The number of nitrogens with one attached hydrogen (secondary N) is 1. The third kappa shape index (κ3) is 3.83. The monoisotopic (exact) mass is 289 g/mol. The van der Waals surface area contributed by atoms with Gasteiger partial charge in [0.15, 0.2) is 0 Å². The average molecular weight is 289 g/mol. The number of likely N-dealkylation sites (tertiary alicyclic amines) is 1. The maximum atomic E-state index is 5.46. The highest BCUT2D eigenvalue weighted by Gasteiger charge is 2.28. The second-order valence-electron chi connectivity index (χ2n) is 6.12. The maximum absolute atomic E-state index is 5.46. The third-order valence-electron chi connectivity index (χ3n) is 4.69. The van der Waals surface area contributed by atoms with Gasteiger partial charge in [-0.3, -0.25) is 9.80 Å². The Morgan fingerprint density at radius 1 is 1.14 bits per heavy atom. The minimum absolute atomic E-state index is 0.727. The quantitative estimate of drug-likeness (QED) is 0.884. The first kappa shape index (κ1) is 15.0. The van der Waals surface area contributed by atoms with Gasteiger partial charge in [-0.05, 0) is 24.6 Å². The highest BCUT2D eigenvalue weighted by atomic mass is 16.5. The first-order chi connectivity index (χ1) is 10.4. The standard InChI is InChI=1S/C17H27N3O/c1-18-12-15-4-2-3-5-16(15)13-19-7-6-17(14-19)20-8-10-21-11-9-20/h2-5,17-18H,6-14H2,1H3. The van der Waals surface area contributed by atoms with E-state index in [-0.39, 0.29) is 0 Å². The van der Waals surface area contributed by atoms with Crippen molar-refractivity contribution < 1.29 is 4.74 Å². The molecule has 1 aromatic rings. The van der Waals surface area contributed by atoms with Gasteiger partial charge in [-0.15, -0.1) is 0 Å². The van der Waals surface area contributed by atoms with E-state index in [1.54, 1.807) is 0 Å². The minimum atomic E-state index is 0.727. The second-order valence-corrected chi connectivity index (χ2v) is 6.12. The second kappa shape index (κ2) is 7.36. The molecule has 0 bridgehead atoms. The number of rotatable bonds is 5. The summed E-state index contributed by atoms with van der Waals surface area (Å²) in [6.07, 6.45) is 1.30. The van der Waals surface area contributed by atoms with Gasteiger partial charge in [0.2, 0.25) is 0 Å². The molecule has 2 aliphatic rings. The van der Waals surface area contributed by atoms with Gasteiger partial charge >= 0.3 is 0 Å². The van der Waals surface area contributed by atoms with Crippen molar-refractivity contribution in [1.29, 1.82) is 0 Å². The molecule has 21 heavy (non-hydrogen) atoms. The van der Waals surface area contributed by atoms with E-state index < -0.39 is 0 Å². The van der Waals surface area contributed by atoms with E-state index in [1.807, 2.05) is 7.05 Å². The fourth-order valence-corrected chi connectivity index (χ4v) is 3.51. The molecule has 0 radical (unpaired) electrons. The van der Waals surface area contributed by atoms with Crippen LogP contribution in [0.15, 0.2) is 24.3 Å². The Bertz CT molecular complexity index is 445. The van der Waals surface area contributed by atoms with Crippen molar-refractivity contribution in [2.45, 2.75) is 25.6 Å². The Balaban J connectivity index is 1.57. The zero-order valence-corrected chi connectivity index (χ0v) is 13.1. The van der Waals surface area contributed by atoms with E-state index in [1.165, 1.54) is 30.6 Å². The van der Waals surface area contributed by atoms with E-state index in [9.17, 15) is 0 Å². The van der Waals surface area contributed by atoms with E-state index >= 15 is 0 Å². The topological polar surface area (TPSA) is 27.7 Å². The van der Waals surface area contributed by atoms with E-state index in [0.717, 1.165) is 45.4 Å². The van der Waals surface area contributed by atoms with Crippen LogP contribution in [0.4, 0.5) is 0 Å². The Kier molecular flexibility index (Phi) is 5.25. The molecule has 1 unspecified atom stereocenters. The summed E-state index contributed by atoms with van der Waals surface area (Å²) in [6.45, 7) is 8.48. The predicted octanol–water partition coefficient (Wildman–Crippen LogP) is 1.31. The molecular weight excluding hydrogens is 262 g/mol. The molecule has 116 valence electrons. The largest absolute Gasteiger partial charge is 0.379 e. The number of morpholine rings is 1. The van der Waals surface area contributed by atoms with Crippen LogP contribution in [0.25, 0.3) is 0 Å². The molecule has 4 heteroatoms. The van der Waals surface area contributed by atoms with Gasteiger partial charge in [-0.25, -0.2) is 0 Å². The lowest BCUT2D eigenvalue weighted by atomic mass is 10.1. The molecule has 4 nitrogen and oxygen atoms in total. The van der Waals surface area contributed by atoms with Crippen LogP contribution in [0, 0.1) is 0 Å². The Morgan fingerprint density at radius 2 is 1.90 bits per heavy atom. The fourth-order valence-electron chi connectivity index (χ4n) is 3.51. The SMILES string of the molecule is CNCc1ccccc1CN1CCC(N2CCOCC2)C1. The Hall–Kier alpha value is -0.940. The predicted molar refractivity (Wildman–Crippen MR) is 85.3 cm³/mol. The zero-order valence-electron chi connectivity index (χ0n) is 13.1. The van der Waals surface area contributed by atoms with Gasteiger partial charge in [0.05, 0.1) is 13.2 Å². The van der Waals surface area contributed by atoms with Crippen molar-refractivity contribution in [2.24, 2.45) is 0 Å². The summed E-state index contributed by atoms with van der Waals surface area (Å²) in [7, 11) is 2.01. The highest BCUT2D eigenvalue weighted by molar-refractivity contribution is 5.27. The van der Waals surface area contributed by atoms with Gasteiger partial charge < -0.3 is 10.1 Å². The molecule has 1 N–H and O–H groups in total. The van der Waals surface area contributed by atoms with Gasteiger partial charge in [-0.1, -0.05) is 24.3 Å². The number of hydrogen-bond donors (Lipinski definition) is 1. The van der Waals surface area contributed by atoms with E-state index in [0.29, 0.717) is 0 Å². The highest BCUT2D eigenvalue weighted by Crippen LogP contribution is 2.20. The Morgan fingerprint density at radius 3 is 2.67 bits per heavy atom. The number of nitrogens with zero attached hydrogens (tertiary/aromatic N) is 2. The van der Waals surface area contributed by atoms with Crippen LogP contribution in [0.1, 0.15) is 17.5 Å². The maximum Gasteiger partial charge on any atom is 0.0594 e. The van der Waals surface area contributed by atoms with Gasteiger partial charge in [0.25, 0.3) is 0 Å². The van der Waals surface area contributed by atoms with Crippen LogP contribution in [0.5, 0.6) is 0 Å². The zero-order chi connectivity index (χ0) is 14.5. The van der Waals surface area contributed by atoms with Crippen LogP contribution in [0.2, 0.25) is 0 Å². The van der Waals surface area contributed by atoms with Crippen molar-refractivity contribution in [3.63, 3.8) is 0 Å². The number of hydrogen-bond acceptors (Lipinski definition) is 4. The summed E-state index contributed by atoms with van der Waals surface area (Å²) in [6, 6.07) is 9.53. The molecular formula is C17H27N3O. The summed E-state index contributed by atoms with van der Waals surface area (Å²) in [5, 5.41) is 3.27.